The van der Waals surface area contributed by atoms with Crippen LogP contribution in [0.15, 0.2) is 36.4 Å². The van der Waals surface area contributed by atoms with Crippen molar-refractivity contribution < 1.29 is 4.39 Å². The molecular weight excluding hydrogens is 308 g/mol. The lowest BCUT2D eigenvalue weighted by molar-refractivity contribution is 0.593. The maximum Gasteiger partial charge on any atom is 0.127 e. The third kappa shape index (κ3) is 3.61. The van der Waals surface area contributed by atoms with Crippen LogP contribution in [0.1, 0.15) is 17.2 Å². The zero-order valence-electron chi connectivity index (χ0n) is 9.84. The Bertz CT molecular complexity index is 601. The molecule has 1 unspecified atom stereocenters. The van der Waals surface area contributed by atoms with Crippen molar-refractivity contribution in [2.75, 3.05) is 0 Å². The van der Waals surface area contributed by atoms with Crippen LogP contribution < -0.4 is 5.73 Å². The van der Waals surface area contributed by atoms with Gasteiger partial charge in [-0.1, -0.05) is 46.9 Å². The van der Waals surface area contributed by atoms with Gasteiger partial charge in [-0.2, -0.15) is 0 Å². The van der Waals surface area contributed by atoms with E-state index >= 15 is 0 Å². The maximum atomic E-state index is 13.7. The summed E-state index contributed by atoms with van der Waals surface area (Å²) in [7, 11) is 0. The first-order valence-electron chi connectivity index (χ1n) is 5.62. The topological polar surface area (TPSA) is 26.0 Å². The Morgan fingerprint density at radius 1 is 1.00 bits per heavy atom. The van der Waals surface area contributed by atoms with Crippen molar-refractivity contribution in [2.45, 2.75) is 12.5 Å². The minimum atomic E-state index is -0.402. The van der Waals surface area contributed by atoms with Crippen molar-refractivity contribution in [1.82, 2.24) is 0 Å². The van der Waals surface area contributed by atoms with Crippen LogP contribution in [-0.4, -0.2) is 0 Å². The number of benzene rings is 2. The molecule has 1 atom stereocenters. The second-order valence-corrected chi connectivity index (χ2v) is 5.49. The third-order valence-corrected chi connectivity index (χ3v) is 3.61. The molecule has 0 heterocycles. The second-order valence-electron chi connectivity index (χ2n) is 4.21. The molecule has 2 N–H and O–H groups in total. The van der Waals surface area contributed by atoms with Gasteiger partial charge in [-0.3, -0.25) is 0 Å². The SMILES string of the molecule is NC(Cc1ccc(Cl)cc1F)c1ccc(Cl)cc1Cl. The molecule has 0 saturated carbocycles. The number of hydrogen-bond acceptors (Lipinski definition) is 1. The highest BCUT2D eigenvalue weighted by Gasteiger charge is 2.13. The first-order chi connectivity index (χ1) is 8.97. The van der Waals surface area contributed by atoms with Crippen LogP contribution in [0, 0.1) is 5.82 Å². The van der Waals surface area contributed by atoms with E-state index in [0.29, 0.717) is 27.1 Å². The van der Waals surface area contributed by atoms with Gasteiger partial charge in [0, 0.05) is 21.1 Å². The molecule has 0 bridgehead atoms. The minimum absolute atomic E-state index is 0.338. The van der Waals surface area contributed by atoms with Crippen molar-refractivity contribution in [3.63, 3.8) is 0 Å². The zero-order chi connectivity index (χ0) is 14.0. The minimum Gasteiger partial charge on any atom is -0.324 e. The van der Waals surface area contributed by atoms with Gasteiger partial charge in [0.15, 0.2) is 0 Å². The fourth-order valence-electron chi connectivity index (χ4n) is 1.84. The Hall–Kier alpha value is -0.800. The molecule has 2 aromatic carbocycles. The Kier molecular flexibility index (Phi) is 4.69. The maximum absolute atomic E-state index is 13.7. The number of rotatable bonds is 3. The summed E-state index contributed by atoms with van der Waals surface area (Å²) in [5.41, 5.74) is 7.30. The van der Waals surface area contributed by atoms with Crippen LogP contribution in [0.4, 0.5) is 4.39 Å². The average molecular weight is 319 g/mol. The van der Waals surface area contributed by atoms with Crippen molar-refractivity contribution in [1.29, 1.82) is 0 Å². The first-order valence-corrected chi connectivity index (χ1v) is 6.75. The van der Waals surface area contributed by atoms with Crippen LogP contribution in [0.2, 0.25) is 15.1 Å². The largest absolute Gasteiger partial charge is 0.324 e. The Morgan fingerprint density at radius 2 is 1.63 bits per heavy atom. The molecule has 100 valence electrons. The Balaban J connectivity index is 2.23. The quantitative estimate of drug-likeness (QED) is 0.844. The van der Waals surface area contributed by atoms with Gasteiger partial charge < -0.3 is 5.73 Å². The van der Waals surface area contributed by atoms with Crippen LogP contribution in [0.5, 0.6) is 0 Å². The van der Waals surface area contributed by atoms with Gasteiger partial charge in [-0.15, -0.1) is 0 Å². The summed E-state index contributed by atoms with van der Waals surface area (Å²) < 4.78 is 13.7. The van der Waals surface area contributed by atoms with E-state index in [1.54, 1.807) is 30.3 Å². The van der Waals surface area contributed by atoms with Crippen LogP contribution in [0.3, 0.4) is 0 Å². The standard InChI is InChI=1S/C14H11Cl3FN/c15-9-3-4-11(12(17)6-9)14(19)5-8-1-2-10(16)7-13(8)18/h1-4,6-7,14H,5,19H2. The Morgan fingerprint density at radius 3 is 2.26 bits per heavy atom. The smallest absolute Gasteiger partial charge is 0.127 e. The molecule has 5 heteroatoms. The van der Waals surface area contributed by atoms with Crippen molar-refractivity contribution >= 4 is 34.8 Å². The van der Waals surface area contributed by atoms with Gasteiger partial charge in [0.1, 0.15) is 5.82 Å². The van der Waals surface area contributed by atoms with Gasteiger partial charge in [-0.25, -0.2) is 4.39 Å². The van der Waals surface area contributed by atoms with Gasteiger partial charge in [0.25, 0.3) is 0 Å². The lowest BCUT2D eigenvalue weighted by Crippen LogP contribution is -2.14. The molecule has 0 aromatic heterocycles. The highest BCUT2D eigenvalue weighted by atomic mass is 35.5. The molecule has 19 heavy (non-hydrogen) atoms. The van der Waals surface area contributed by atoms with Gasteiger partial charge in [0.05, 0.1) is 0 Å². The van der Waals surface area contributed by atoms with Crippen molar-refractivity contribution in [2.24, 2.45) is 5.73 Å². The van der Waals surface area contributed by atoms with E-state index in [0.717, 1.165) is 5.56 Å². The molecule has 0 aliphatic carbocycles. The average Bonchev–Trinajstić information content (AvgIpc) is 2.32. The highest BCUT2D eigenvalue weighted by molar-refractivity contribution is 6.35. The molecule has 0 radical (unpaired) electrons. The molecule has 0 saturated heterocycles. The van der Waals surface area contributed by atoms with E-state index in [9.17, 15) is 4.39 Å². The molecule has 0 fully saturated rings. The summed E-state index contributed by atoms with van der Waals surface area (Å²) in [5.74, 6) is -0.368. The number of halogens is 4. The van der Waals surface area contributed by atoms with Gasteiger partial charge in [0.2, 0.25) is 0 Å². The van der Waals surface area contributed by atoms with E-state index in [1.165, 1.54) is 6.07 Å². The molecule has 0 aliphatic rings. The summed E-state index contributed by atoms with van der Waals surface area (Å²) in [6.45, 7) is 0. The number of nitrogens with two attached hydrogens (primary N) is 1. The molecule has 1 nitrogen and oxygen atoms in total. The molecular formula is C14H11Cl3FN. The van der Waals surface area contributed by atoms with E-state index in [-0.39, 0.29) is 5.82 Å². The van der Waals surface area contributed by atoms with E-state index in [4.69, 9.17) is 40.5 Å². The first kappa shape index (κ1) is 14.6. The fourth-order valence-corrected chi connectivity index (χ4v) is 2.54. The van der Waals surface area contributed by atoms with E-state index < -0.39 is 6.04 Å². The van der Waals surface area contributed by atoms with E-state index in [1.807, 2.05) is 0 Å². The lowest BCUT2D eigenvalue weighted by atomic mass is 9.99. The predicted molar refractivity (Wildman–Crippen MR) is 78.5 cm³/mol. The number of hydrogen-bond donors (Lipinski definition) is 1. The summed E-state index contributed by atoms with van der Waals surface area (Å²) >= 11 is 17.6. The molecule has 0 amide bonds. The van der Waals surface area contributed by atoms with Crippen LogP contribution in [0.25, 0.3) is 0 Å². The van der Waals surface area contributed by atoms with Gasteiger partial charge in [-0.05, 0) is 41.8 Å². The second kappa shape index (κ2) is 6.10. The summed E-state index contributed by atoms with van der Waals surface area (Å²) in [5, 5.41) is 1.38. The normalized spacial score (nSPS) is 12.5. The molecule has 2 rings (SSSR count). The summed E-state index contributed by atoms with van der Waals surface area (Å²) in [6, 6.07) is 9.21. The lowest BCUT2D eigenvalue weighted by Gasteiger charge is -2.14. The van der Waals surface area contributed by atoms with Crippen molar-refractivity contribution in [3.8, 4) is 0 Å². The van der Waals surface area contributed by atoms with Crippen molar-refractivity contribution in [3.05, 3.63) is 68.4 Å². The van der Waals surface area contributed by atoms with Crippen LogP contribution in [-0.2, 0) is 6.42 Å². The fraction of sp³-hybridized carbons (Fsp3) is 0.143. The third-order valence-electron chi connectivity index (χ3n) is 2.82. The van der Waals surface area contributed by atoms with Gasteiger partial charge >= 0.3 is 0 Å². The summed E-state index contributed by atoms with van der Waals surface area (Å²) in [4.78, 5) is 0. The Labute approximate surface area is 126 Å². The summed E-state index contributed by atoms with van der Waals surface area (Å²) in [6.07, 6.45) is 0.338. The van der Waals surface area contributed by atoms with Crippen LogP contribution >= 0.6 is 34.8 Å². The predicted octanol–water partition coefficient (Wildman–Crippen LogP) is 5.03. The molecule has 0 spiro atoms. The zero-order valence-corrected chi connectivity index (χ0v) is 12.1. The molecule has 0 aliphatic heterocycles. The molecule has 2 aromatic rings. The monoisotopic (exact) mass is 317 g/mol. The van der Waals surface area contributed by atoms with E-state index in [2.05, 4.69) is 0 Å². The highest BCUT2D eigenvalue weighted by Crippen LogP contribution is 2.28.